The van der Waals surface area contributed by atoms with Crippen LogP contribution >= 0.6 is 0 Å². The summed E-state index contributed by atoms with van der Waals surface area (Å²) in [4.78, 5) is 4.34. The summed E-state index contributed by atoms with van der Waals surface area (Å²) in [5.41, 5.74) is 2.61. The molecular formula is C8H13N3. The van der Waals surface area contributed by atoms with E-state index in [1.54, 1.807) is 0 Å². The molecule has 0 radical (unpaired) electrons. The van der Waals surface area contributed by atoms with E-state index in [9.17, 15) is 0 Å². The maximum absolute atomic E-state index is 4.34. The molecular weight excluding hydrogens is 138 g/mol. The Morgan fingerprint density at radius 2 is 2.55 bits per heavy atom. The zero-order valence-corrected chi connectivity index (χ0v) is 6.96. The van der Waals surface area contributed by atoms with Crippen molar-refractivity contribution in [3.05, 3.63) is 17.7 Å². The first-order valence-electron chi connectivity index (χ1n) is 4.02. The molecule has 1 aliphatic rings. The van der Waals surface area contributed by atoms with Crippen molar-refractivity contribution in [3.8, 4) is 0 Å². The smallest absolute Gasteiger partial charge is 0.0949 e. The minimum Gasteiger partial charge on any atom is -0.337 e. The molecule has 0 amide bonds. The van der Waals surface area contributed by atoms with Gasteiger partial charge in [-0.3, -0.25) is 0 Å². The molecule has 0 spiro atoms. The van der Waals surface area contributed by atoms with Gasteiger partial charge in [-0.2, -0.15) is 0 Å². The van der Waals surface area contributed by atoms with Crippen molar-refractivity contribution in [2.45, 2.75) is 19.4 Å². The van der Waals surface area contributed by atoms with Crippen LogP contribution in [0.3, 0.4) is 0 Å². The number of fused-ring (bicyclic) bond motifs is 1. The van der Waals surface area contributed by atoms with Gasteiger partial charge >= 0.3 is 0 Å². The molecule has 0 saturated carbocycles. The third-order valence-electron chi connectivity index (χ3n) is 2.31. The van der Waals surface area contributed by atoms with Crippen molar-refractivity contribution in [3.63, 3.8) is 0 Å². The number of imidazole rings is 1. The van der Waals surface area contributed by atoms with Crippen LogP contribution in [0.1, 0.15) is 24.4 Å². The Kier molecular flexibility index (Phi) is 1.46. The summed E-state index contributed by atoms with van der Waals surface area (Å²) in [6, 6.07) is 0.431. The summed E-state index contributed by atoms with van der Waals surface area (Å²) in [5.74, 6) is 0. The van der Waals surface area contributed by atoms with E-state index in [4.69, 9.17) is 0 Å². The first-order valence-corrected chi connectivity index (χ1v) is 4.02. The standard InChI is InChI=1S/C8H13N3/c1-6-8-7(3-4-9-6)11(2)5-10-8/h5-6,9H,3-4H2,1-2H3. The lowest BCUT2D eigenvalue weighted by Gasteiger charge is -2.19. The van der Waals surface area contributed by atoms with Gasteiger partial charge in [-0.15, -0.1) is 0 Å². The van der Waals surface area contributed by atoms with Gasteiger partial charge in [-0.05, 0) is 6.92 Å². The maximum atomic E-state index is 4.34. The van der Waals surface area contributed by atoms with Crippen LogP contribution in [0.4, 0.5) is 0 Å². The van der Waals surface area contributed by atoms with E-state index >= 15 is 0 Å². The molecule has 1 aromatic rings. The molecule has 0 aromatic carbocycles. The Hall–Kier alpha value is -0.830. The van der Waals surface area contributed by atoms with E-state index in [-0.39, 0.29) is 0 Å². The van der Waals surface area contributed by atoms with E-state index in [1.807, 2.05) is 6.33 Å². The highest BCUT2D eigenvalue weighted by molar-refractivity contribution is 5.19. The molecule has 3 nitrogen and oxygen atoms in total. The Bertz CT molecular complexity index is 264. The molecule has 0 bridgehead atoms. The van der Waals surface area contributed by atoms with Gasteiger partial charge in [0.2, 0.25) is 0 Å². The predicted octanol–water partition coefficient (Wildman–Crippen LogP) is 0.627. The zero-order chi connectivity index (χ0) is 7.84. The number of aryl methyl sites for hydroxylation is 1. The van der Waals surface area contributed by atoms with Crippen LogP contribution in [-0.2, 0) is 13.5 Å². The minimum atomic E-state index is 0.431. The lowest BCUT2D eigenvalue weighted by atomic mass is 10.1. The lowest BCUT2D eigenvalue weighted by molar-refractivity contribution is 0.520. The van der Waals surface area contributed by atoms with Gasteiger partial charge in [0.25, 0.3) is 0 Å². The average Bonchev–Trinajstić information content (AvgIpc) is 2.35. The quantitative estimate of drug-likeness (QED) is 0.589. The van der Waals surface area contributed by atoms with E-state index in [0.717, 1.165) is 13.0 Å². The highest BCUT2D eigenvalue weighted by Gasteiger charge is 2.18. The van der Waals surface area contributed by atoms with Crippen molar-refractivity contribution in [2.75, 3.05) is 6.54 Å². The topological polar surface area (TPSA) is 29.9 Å². The van der Waals surface area contributed by atoms with Gasteiger partial charge in [0, 0.05) is 31.7 Å². The van der Waals surface area contributed by atoms with Gasteiger partial charge in [-0.1, -0.05) is 0 Å². The van der Waals surface area contributed by atoms with Gasteiger partial charge < -0.3 is 9.88 Å². The Labute approximate surface area is 66.4 Å². The molecule has 11 heavy (non-hydrogen) atoms. The normalized spacial score (nSPS) is 23.3. The fraction of sp³-hybridized carbons (Fsp3) is 0.625. The van der Waals surface area contributed by atoms with Gasteiger partial charge in [0.05, 0.1) is 12.0 Å². The number of hydrogen-bond donors (Lipinski definition) is 1. The molecule has 1 N–H and O–H groups in total. The van der Waals surface area contributed by atoms with E-state index in [2.05, 4.69) is 28.8 Å². The lowest BCUT2D eigenvalue weighted by Crippen LogP contribution is -2.28. The average molecular weight is 151 g/mol. The fourth-order valence-electron chi connectivity index (χ4n) is 1.64. The molecule has 1 unspecified atom stereocenters. The highest BCUT2D eigenvalue weighted by Crippen LogP contribution is 2.19. The van der Waals surface area contributed by atoms with Gasteiger partial charge in [0.15, 0.2) is 0 Å². The van der Waals surface area contributed by atoms with Crippen molar-refractivity contribution in [2.24, 2.45) is 7.05 Å². The minimum absolute atomic E-state index is 0.431. The molecule has 1 aromatic heterocycles. The molecule has 0 saturated heterocycles. The third kappa shape index (κ3) is 0.959. The second kappa shape index (κ2) is 2.34. The highest BCUT2D eigenvalue weighted by atomic mass is 15.1. The van der Waals surface area contributed by atoms with Crippen LogP contribution in [0, 0.1) is 0 Å². The molecule has 0 fully saturated rings. The van der Waals surface area contributed by atoms with E-state index < -0.39 is 0 Å². The van der Waals surface area contributed by atoms with Crippen molar-refractivity contribution in [1.29, 1.82) is 0 Å². The summed E-state index contributed by atoms with van der Waals surface area (Å²) >= 11 is 0. The predicted molar refractivity (Wildman–Crippen MR) is 43.3 cm³/mol. The van der Waals surface area contributed by atoms with Gasteiger partial charge in [-0.25, -0.2) is 4.98 Å². The Morgan fingerprint density at radius 3 is 3.27 bits per heavy atom. The number of hydrogen-bond acceptors (Lipinski definition) is 2. The van der Waals surface area contributed by atoms with Crippen molar-refractivity contribution < 1.29 is 0 Å². The molecule has 60 valence electrons. The monoisotopic (exact) mass is 151 g/mol. The summed E-state index contributed by atoms with van der Waals surface area (Å²) in [5, 5.41) is 3.38. The van der Waals surface area contributed by atoms with Crippen molar-refractivity contribution >= 4 is 0 Å². The summed E-state index contributed by atoms with van der Waals surface area (Å²) < 4.78 is 2.12. The molecule has 1 atom stereocenters. The zero-order valence-electron chi connectivity index (χ0n) is 6.96. The molecule has 2 rings (SSSR count). The fourth-order valence-corrected chi connectivity index (χ4v) is 1.64. The summed E-state index contributed by atoms with van der Waals surface area (Å²) in [6.07, 6.45) is 3.00. The van der Waals surface area contributed by atoms with E-state index in [0.29, 0.717) is 6.04 Å². The first kappa shape index (κ1) is 6.85. The van der Waals surface area contributed by atoms with Crippen LogP contribution < -0.4 is 5.32 Å². The Balaban J connectivity index is 2.46. The van der Waals surface area contributed by atoms with Crippen LogP contribution in [-0.4, -0.2) is 16.1 Å². The van der Waals surface area contributed by atoms with E-state index in [1.165, 1.54) is 11.4 Å². The van der Waals surface area contributed by atoms with Gasteiger partial charge in [0.1, 0.15) is 0 Å². The molecule has 1 aliphatic heterocycles. The second-order valence-corrected chi connectivity index (χ2v) is 3.11. The SMILES string of the molecule is CC1NCCc2c1ncn2C. The van der Waals surface area contributed by atoms with Crippen LogP contribution in [0.15, 0.2) is 6.33 Å². The number of nitrogens with zero attached hydrogens (tertiary/aromatic N) is 2. The van der Waals surface area contributed by atoms with Crippen LogP contribution in [0.5, 0.6) is 0 Å². The number of rotatable bonds is 0. The first-order chi connectivity index (χ1) is 5.29. The molecule has 0 aliphatic carbocycles. The van der Waals surface area contributed by atoms with Crippen molar-refractivity contribution in [1.82, 2.24) is 14.9 Å². The van der Waals surface area contributed by atoms with Crippen LogP contribution in [0.2, 0.25) is 0 Å². The van der Waals surface area contributed by atoms with Crippen LogP contribution in [0.25, 0.3) is 0 Å². The second-order valence-electron chi connectivity index (χ2n) is 3.11. The third-order valence-corrected chi connectivity index (χ3v) is 2.31. The number of nitrogens with one attached hydrogen (secondary N) is 1. The maximum Gasteiger partial charge on any atom is 0.0949 e. The number of aromatic nitrogens is 2. The largest absolute Gasteiger partial charge is 0.337 e. The summed E-state index contributed by atoms with van der Waals surface area (Å²) in [7, 11) is 2.06. The Morgan fingerprint density at radius 1 is 1.73 bits per heavy atom. The molecule has 3 heteroatoms. The molecule has 2 heterocycles. The summed E-state index contributed by atoms with van der Waals surface area (Å²) in [6.45, 7) is 3.23.